The Balaban J connectivity index is 1.67. The van der Waals surface area contributed by atoms with Crippen LogP contribution in [0.4, 0.5) is 0 Å². The number of benzene rings is 1. The van der Waals surface area contributed by atoms with E-state index in [1.54, 1.807) is 12.1 Å². The third kappa shape index (κ3) is 3.60. The molecule has 0 aliphatic carbocycles. The van der Waals surface area contributed by atoms with Crippen LogP contribution >= 0.6 is 0 Å². The summed E-state index contributed by atoms with van der Waals surface area (Å²) in [7, 11) is -3.11. The molecule has 2 aliphatic heterocycles. The van der Waals surface area contributed by atoms with Gasteiger partial charge in [0.1, 0.15) is 0 Å². The molecule has 0 saturated carbocycles. The predicted octanol–water partition coefficient (Wildman–Crippen LogP) is 1.60. The van der Waals surface area contributed by atoms with Gasteiger partial charge in [-0.1, -0.05) is 18.2 Å². The van der Waals surface area contributed by atoms with Crippen LogP contribution in [-0.2, 0) is 14.6 Å². The molecule has 0 radical (unpaired) electrons. The molecule has 0 aromatic heterocycles. The van der Waals surface area contributed by atoms with Crippen LogP contribution in [0.5, 0.6) is 0 Å². The molecule has 6 heteroatoms. The third-order valence-electron chi connectivity index (χ3n) is 4.95. The minimum atomic E-state index is -3.11. The van der Waals surface area contributed by atoms with Gasteiger partial charge in [-0.25, -0.2) is 8.42 Å². The lowest BCUT2D eigenvalue weighted by atomic mass is 10.0. The molecule has 0 amide bonds. The van der Waals surface area contributed by atoms with Gasteiger partial charge in [-0.2, -0.15) is 0 Å². The summed E-state index contributed by atoms with van der Waals surface area (Å²) >= 11 is 0. The molecule has 5 nitrogen and oxygen atoms in total. The van der Waals surface area contributed by atoms with Crippen molar-refractivity contribution in [3.8, 4) is 0 Å². The topological polar surface area (TPSA) is 58.6 Å². The van der Waals surface area contributed by atoms with Crippen LogP contribution in [0, 0.1) is 0 Å². The zero-order valence-corrected chi connectivity index (χ0v) is 14.7. The van der Waals surface area contributed by atoms with Crippen LogP contribution in [0.2, 0.25) is 0 Å². The lowest BCUT2D eigenvalue weighted by Gasteiger charge is -2.38. The predicted molar refractivity (Wildman–Crippen MR) is 90.3 cm³/mol. The van der Waals surface area contributed by atoms with Crippen molar-refractivity contribution in [2.75, 3.05) is 32.1 Å². The second-order valence-corrected chi connectivity index (χ2v) is 8.69. The molecule has 1 saturated heterocycles. The zero-order chi connectivity index (χ0) is 16.4. The Morgan fingerprint density at radius 1 is 1.39 bits per heavy atom. The molecular weight excluding hydrogens is 312 g/mol. The number of hydrogen-bond donors (Lipinski definition) is 1. The van der Waals surface area contributed by atoms with E-state index in [2.05, 4.69) is 24.1 Å². The summed E-state index contributed by atoms with van der Waals surface area (Å²) in [6.07, 6.45) is 0.644. The molecule has 3 atom stereocenters. The molecule has 0 spiro atoms. The summed E-state index contributed by atoms with van der Waals surface area (Å²) in [5.74, 6) is 0.226. The van der Waals surface area contributed by atoms with Gasteiger partial charge in [0.25, 0.3) is 0 Å². The average molecular weight is 338 g/mol. The second kappa shape index (κ2) is 6.89. The maximum Gasteiger partial charge on any atom is 0.178 e. The number of ether oxygens (including phenoxy) is 1. The highest BCUT2D eigenvalue weighted by Gasteiger charge is 2.30. The van der Waals surface area contributed by atoms with Crippen LogP contribution in [0.3, 0.4) is 0 Å². The zero-order valence-electron chi connectivity index (χ0n) is 13.9. The fourth-order valence-corrected chi connectivity index (χ4v) is 5.25. The van der Waals surface area contributed by atoms with E-state index in [9.17, 15) is 8.42 Å². The summed E-state index contributed by atoms with van der Waals surface area (Å²) in [6.45, 7) is 7.80. The average Bonchev–Trinajstić information content (AvgIpc) is 2.54. The standard InChI is InChI=1S/C17H26N2O3S/c1-13(19-8-9-22-12-14(19)2)11-18-16-7-10-23(20,21)17-6-4-3-5-15(16)17/h3-6,13-14,16,18H,7-12H2,1-2H3. The second-order valence-electron chi connectivity index (χ2n) is 6.62. The largest absolute Gasteiger partial charge is 0.379 e. The number of morpholine rings is 1. The van der Waals surface area contributed by atoms with Crippen molar-refractivity contribution in [2.45, 2.75) is 43.3 Å². The fraction of sp³-hybridized carbons (Fsp3) is 0.647. The van der Waals surface area contributed by atoms with Gasteiger partial charge >= 0.3 is 0 Å². The number of rotatable bonds is 4. The van der Waals surface area contributed by atoms with E-state index in [4.69, 9.17) is 4.74 Å². The van der Waals surface area contributed by atoms with E-state index >= 15 is 0 Å². The third-order valence-corrected chi connectivity index (χ3v) is 6.76. The Morgan fingerprint density at radius 2 is 2.17 bits per heavy atom. The highest BCUT2D eigenvalue weighted by molar-refractivity contribution is 7.91. The molecule has 2 aliphatic rings. The van der Waals surface area contributed by atoms with E-state index < -0.39 is 9.84 Å². The van der Waals surface area contributed by atoms with Gasteiger partial charge in [0.15, 0.2) is 9.84 Å². The molecule has 1 N–H and O–H groups in total. The number of nitrogens with one attached hydrogen (secondary N) is 1. The maximum atomic E-state index is 12.2. The van der Waals surface area contributed by atoms with Crippen molar-refractivity contribution in [3.05, 3.63) is 29.8 Å². The van der Waals surface area contributed by atoms with Gasteiger partial charge in [0.05, 0.1) is 23.9 Å². The minimum absolute atomic E-state index is 0.119. The van der Waals surface area contributed by atoms with Crippen LogP contribution in [-0.4, -0.2) is 57.5 Å². The lowest BCUT2D eigenvalue weighted by molar-refractivity contribution is -0.0185. The summed E-state index contributed by atoms with van der Waals surface area (Å²) in [6, 6.07) is 8.34. The van der Waals surface area contributed by atoms with E-state index in [1.165, 1.54) is 0 Å². The Kier molecular flexibility index (Phi) is 5.06. The van der Waals surface area contributed by atoms with Crippen molar-refractivity contribution in [1.82, 2.24) is 10.2 Å². The number of sulfone groups is 1. The number of nitrogens with zero attached hydrogens (tertiary/aromatic N) is 1. The SMILES string of the molecule is CC(CNC1CCS(=O)(=O)c2ccccc21)N1CCOCC1C. The van der Waals surface area contributed by atoms with Crippen molar-refractivity contribution in [2.24, 2.45) is 0 Å². The smallest absolute Gasteiger partial charge is 0.178 e. The Hall–Kier alpha value is -0.950. The summed E-state index contributed by atoms with van der Waals surface area (Å²) in [5.41, 5.74) is 0.918. The first-order valence-corrected chi connectivity index (χ1v) is 10.0. The Bertz CT molecular complexity index is 647. The Morgan fingerprint density at radius 3 is 2.96 bits per heavy atom. The van der Waals surface area contributed by atoms with Gasteiger partial charge in [0.2, 0.25) is 0 Å². The monoisotopic (exact) mass is 338 g/mol. The van der Waals surface area contributed by atoms with Crippen LogP contribution in [0.15, 0.2) is 29.2 Å². The van der Waals surface area contributed by atoms with Crippen molar-refractivity contribution >= 4 is 9.84 Å². The van der Waals surface area contributed by atoms with Gasteiger partial charge < -0.3 is 10.1 Å². The minimum Gasteiger partial charge on any atom is -0.379 e. The first-order chi connectivity index (χ1) is 11.0. The summed E-state index contributed by atoms with van der Waals surface area (Å²) < 4.78 is 29.9. The van der Waals surface area contributed by atoms with Gasteiger partial charge in [-0.15, -0.1) is 0 Å². The molecule has 3 rings (SSSR count). The first kappa shape index (κ1) is 16.9. The molecule has 3 unspecified atom stereocenters. The van der Waals surface area contributed by atoms with Gasteiger partial charge in [-0.05, 0) is 31.9 Å². The van der Waals surface area contributed by atoms with E-state index in [-0.39, 0.29) is 11.8 Å². The molecular formula is C17H26N2O3S. The van der Waals surface area contributed by atoms with Crippen LogP contribution in [0.25, 0.3) is 0 Å². The van der Waals surface area contributed by atoms with Crippen molar-refractivity contribution < 1.29 is 13.2 Å². The molecule has 2 heterocycles. The fourth-order valence-electron chi connectivity index (χ4n) is 3.63. The first-order valence-electron chi connectivity index (χ1n) is 8.37. The molecule has 128 valence electrons. The van der Waals surface area contributed by atoms with Crippen molar-refractivity contribution in [3.63, 3.8) is 0 Å². The van der Waals surface area contributed by atoms with Gasteiger partial charge in [-0.3, -0.25) is 4.90 Å². The van der Waals surface area contributed by atoms with E-state index in [0.717, 1.165) is 31.9 Å². The highest BCUT2D eigenvalue weighted by atomic mass is 32.2. The van der Waals surface area contributed by atoms with Gasteiger partial charge in [0, 0.05) is 31.2 Å². The summed E-state index contributed by atoms with van der Waals surface area (Å²) in [4.78, 5) is 2.96. The van der Waals surface area contributed by atoms with E-state index in [0.29, 0.717) is 23.4 Å². The van der Waals surface area contributed by atoms with Crippen LogP contribution in [0.1, 0.15) is 31.9 Å². The normalized spacial score (nSPS) is 29.0. The maximum absolute atomic E-state index is 12.2. The summed E-state index contributed by atoms with van der Waals surface area (Å²) in [5, 5.41) is 3.59. The number of hydrogen-bond acceptors (Lipinski definition) is 5. The molecule has 1 aromatic rings. The quantitative estimate of drug-likeness (QED) is 0.904. The van der Waals surface area contributed by atoms with Crippen LogP contribution < -0.4 is 5.32 Å². The molecule has 1 aromatic carbocycles. The molecule has 0 bridgehead atoms. The number of fused-ring (bicyclic) bond motifs is 1. The molecule has 23 heavy (non-hydrogen) atoms. The molecule has 1 fully saturated rings. The van der Waals surface area contributed by atoms with Crippen molar-refractivity contribution in [1.29, 1.82) is 0 Å². The van der Waals surface area contributed by atoms with E-state index in [1.807, 2.05) is 12.1 Å². The Labute approximate surface area is 138 Å². The lowest BCUT2D eigenvalue weighted by Crippen LogP contribution is -2.51. The highest BCUT2D eigenvalue weighted by Crippen LogP contribution is 2.31.